The summed E-state index contributed by atoms with van der Waals surface area (Å²) in [7, 11) is 0. The van der Waals surface area contributed by atoms with E-state index in [4.69, 9.17) is 21.1 Å². The summed E-state index contributed by atoms with van der Waals surface area (Å²) in [5.41, 5.74) is 0. The number of aliphatic hydroxyl groups is 1. The highest BCUT2D eigenvalue weighted by Crippen LogP contribution is 2.21. The normalized spacial score (nSPS) is 18.9. The van der Waals surface area contributed by atoms with Gasteiger partial charge >= 0.3 is 0 Å². The zero-order valence-electron chi connectivity index (χ0n) is 13.8. The Bertz CT molecular complexity index is 683. The van der Waals surface area contributed by atoms with Crippen LogP contribution in [0.25, 0.3) is 0 Å². The summed E-state index contributed by atoms with van der Waals surface area (Å²) in [6.07, 6.45) is 0.357. The Morgan fingerprint density at radius 3 is 2.76 bits per heavy atom. The molecule has 2 aromatic carbocycles. The average molecular weight is 366 g/mol. The fourth-order valence-electron chi connectivity index (χ4n) is 2.86. The summed E-state index contributed by atoms with van der Waals surface area (Å²) in [6.45, 7) is 2.23. The number of hydrogen-bond acceptors (Lipinski definition) is 4. The summed E-state index contributed by atoms with van der Waals surface area (Å²) >= 11 is 5.87. The number of halogens is 2. The number of likely N-dealkylation sites (tertiary alicyclic amines) is 1. The van der Waals surface area contributed by atoms with Gasteiger partial charge < -0.3 is 14.6 Å². The second-order valence-electron chi connectivity index (χ2n) is 6.16. The summed E-state index contributed by atoms with van der Waals surface area (Å²) in [5.74, 6) is 0.865. The van der Waals surface area contributed by atoms with Crippen molar-refractivity contribution in [3.05, 3.63) is 59.4 Å². The van der Waals surface area contributed by atoms with Crippen LogP contribution in [0.15, 0.2) is 48.5 Å². The fourth-order valence-corrected chi connectivity index (χ4v) is 2.99. The van der Waals surface area contributed by atoms with E-state index < -0.39 is 6.10 Å². The predicted molar refractivity (Wildman–Crippen MR) is 94.8 cm³/mol. The molecule has 6 heteroatoms. The quantitative estimate of drug-likeness (QED) is 0.816. The lowest BCUT2D eigenvalue weighted by atomic mass is 10.3. The Kier molecular flexibility index (Phi) is 6.13. The Morgan fingerprint density at radius 1 is 1.20 bits per heavy atom. The van der Waals surface area contributed by atoms with Gasteiger partial charge in [-0.2, -0.15) is 0 Å². The lowest BCUT2D eigenvalue weighted by Gasteiger charge is -2.20. The lowest BCUT2D eigenvalue weighted by Crippen LogP contribution is -2.35. The second kappa shape index (κ2) is 8.52. The highest BCUT2D eigenvalue weighted by Gasteiger charge is 2.25. The topological polar surface area (TPSA) is 41.9 Å². The van der Waals surface area contributed by atoms with Crippen LogP contribution >= 0.6 is 11.6 Å². The Hall–Kier alpha value is -1.82. The molecule has 1 fully saturated rings. The molecule has 4 nitrogen and oxygen atoms in total. The largest absolute Gasteiger partial charge is 0.491 e. The van der Waals surface area contributed by atoms with Gasteiger partial charge in [0.1, 0.15) is 36.1 Å². The standard InChI is InChI=1S/C19H21ClFNO3/c20-14-4-6-17(7-5-14)25-19-8-9-22(12-19)11-16(23)13-24-18-3-1-2-15(21)10-18/h1-7,10,16,19,23H,8-9,11-13H2/t16-,19+/m1/s1. The molecular weight excluding hydrogens is 345 g/mol. The Labute approximate surface area is 151 Å². The summed E-state index contributed by atoms with van der Waals surface area (Å²) in [5, 5.41) is 10.8. The van der Waals surface area contributed by atoms with Crippen LogP contribution in [0, 0.1) is 5.82 Å². The van der Waals surface area contributed by atoms with Crippen LogP contribution in [-0.2, 0) is 0 Å². The van der Waals surface area contributed by atoms with Crippen LogP contribution in [0.5, 0.6) is 11.5 Å². The number of hydrogen-bond donors (Lipinski definition) is 1. The minimum Gasteiger partial charge on any atom is -0.491 e. The SMILES string of the molecule is O[C@@H](COc1cccc(F)c1)CN1CC[C@H](Oc2ccc(Cl)cc2)C1. The third-order valence-corrected chi connectivity index (χ3v) is 4.30. The van der Waals surface area contributed by atoms with Gasteiger partial charge in [-0.3, -0.25) is 4.90 Å². The van der Waals surface area contributed by atoms with Gasteiger partial charge in [0.25, 0.3) is 0 Å². The van der Waals surface area contributed by atoms with Crippen LogP contribution < -0.4 is 9.47 Å². The molecule has 1 aliphatic rings. The number of aliphatic hydroxyl groups excluding tert-OH is 1. The molecule has 1 heterocycles. The van der Waals surface area contributed by atoms with Crippen LogP contribution in [0.3, 0.4) is 0 Å². The number of rotatable bonds is 7. The van der Waals surface area contributed by atoms with Crippen molar-refractivity contribution in [2.24, 2.45) is 0 Å². The molecule has 0 amide bonds. The molecule has 1 N–H and O–H groups in total. The molecule has 0 aromatic heterocycles. The molecule has 1 saturated heterocycles. The molecule has 0 radical (unpaired) electrons. The van der Waals surface area contributed by atoms with Crippen molar-refractivity contribution in [1.29, 1.82) is 0 Å². The first-order chi connectivity index (χ1) is 12.1. The van der Waals surface area contributed by atoms with Gasteiger partial charge in [-0.05, 0) is 42.8 Å². The van der Waals surface area contributed by atoms with Crippen LogP contribution in [-0.4, -0.2) is 48.5 Å². The van der Waals surface area contributed by atoms with Gasteiger partial charge in [0.2, 0.25) is 0 Å². The molecule has 2 atom stereocenters. The minimum atomic E-state index is -0.641. The molecule has 0 saturated carbocycles. The van der Waals surface area contributed by atoms with E-state index in [1.165, 1.54) is 12.1 Å². The zero-order chi connectivity index (χ0) is 17.6. The zero-order valence-corrected chi connectivity index (χ0v) is 14.5. The van der Waals surface area contributed by atoms with Crippen LogP contribution in [0.2, 0.25) is 5.02 Å². The molecule has 0 aliphatic carbocycles. The van der Waals surface area contributed by atoms with Crippen molar-refractivity contribution in [2.45, 2.75) is 18.6 Å². The van der Waals surface area contributed by atoms with E-state index in [9.17, 15) is 9.50 Å². The van der Waals surface area contributed by atoms with Crippen LogP contribution in [0.1, 0.15) is 6.42 Å². The summed E-state index contributed by atoms with van der Waals surface area (Å²) in [4.78, 5) is 2.14. The lowest BCUT2D eigenvalue weighted by molar-refractivity contribution is 0.0719. The molecule has 134 valence electrons. The maximum absolute atomic E-state index is 13.1. The first-order valence-corrected chi connectivity index (χ1v) is 8.67. The van der Waals surface area contributed by atoms with Crippen molar-refractivity contribution in [3.63, 3.8) is 0 Å². The number of ether oxygens (including phenoxy) is 2. The molecular formula is C19H21ClFNO3. The molecule has 3 rings (SSSR count). The summed E-state index contributed by atoms with van der Waals surface area (Å²) < 4.78 is 24.5. The van der Waals surface area contributed by atoms with Gasteiger partial charge in [0, 0.05) is 30.7 Å². The van der Waals surface area contributed by atoms with Crippen molar-refractivity contribution in [1.82, 2.24) is 4.90 Å². The van der Waals surface area contributed by atoms with Crippen LogP contribution in [0.4, 0.5) is 4.39 Å². The van der Waals surface area contributed by atoms with E-state index in [1.807, 2.05) is 12.1 Å². The fraction of sp³-hybridized carbons (Fsp3) is 0.368. The minimum absolute atomic E-state index is 0.0949. The third kappa shape index (κ3) is 5.59. The monoisotopic (exact) mass is 365 g/mol. The Morgan fingerprint density at radius 2 is 2.00 bits per heavy atom. The first-order valence-electron chi connectivity index (χ1n) is 8.29. The highest BCUT2D eigenvalue weighted by molar-refractivity contribution is 6.30. The van der Waals surface area contributed by atoms with E-state index in [0.29, 0.717) is 17.3 Å². The van der Waals surface area contributed by atoms with E-state index in [-0.39, 0.29) is 18.5 Å². The van der Waals surface area contributed by atoms with Crippen molar-refractivity contribution in [2.75, 3.05) is 26.2 Å². The van der Waals surface area contributed by atoms with E-state index in [1.54, 1.807) is 24.3 Å². The van der Waals surface area contributed by atoms with Gasteiger partial charge in [0.05, 0.1) is 0 Å². The molecule has 1 aliphatic heterocycles. The third-order valence-electron chi connectivity index (χ3n) is 4.05. The first kappa shape index (κ1) is 18.0. The summed E-state index contributed by atoms with van der Waals surface area (Å²) in [6, 6.07) is 13.2. The smallest absolute Gasteiger partial charge is 0.126 e. The highest BCUT2D eigenvalue weighted by atomic mass is 35.5. The van der Waals surface area contributed by atoms with Gasteiger partial charge in [-0.25, -0.2) is 4.39 Å². The second-order valence-corrected chi connectivity index (χ2v) is 6.60. The van der Waals surface area contributed by atoms with Gasteiger partial charge in [-0.1, -0.05) is 17.7 Å². The molecule has 0 spiro atoms. The number of nitrogens with zero attached hydrogens (tertiary/aromatic N) is 1. The van der Waals surface area contributed by atoms with E-state index in [2.05, 4.69) is 4.90 Å². The number of β-amino-alcohol motifs (C(OH)–C–C–N with tert-alkyl or cyclic N) is 1. The van der Waals surface area contributed by atoms with Crippen molar-refractivity contribution in [3.8, 4) is 11.5 Å². The molecule has 0 bridgehead atoms. The average Bonchev–Trinajstić information content (AvgIpc) is 3.02. The van der Waals surface area contributed by atoms with Crippen molar-refractivity contribution >= 4 is 11.6 Å². The number of benzene rings is 2. The molecule has 0 unspecified atom stereocenters. The Balaban J connectivity index is 1.40. The van der Waals surface area contributed by atoms with E-state index >= 15 is 0 Å². The predicted octanol–water partition coefficient (Wildman–Crippen LogP) is 3.37. The van der Waals surface area contributed by atoms with Crippen molar-refractivity contribution < 1.29 is 19.0 Å². The van der Waals surface area contributed by atoms with E-state index in [0.717, 1.165) is 25.3 Å². The maximum atomic E-state index is 13.1. The van der Waals surface area contributed by atoms with Gasteiger partial charge in [0.15, 0.2) is 0 Å². The maximum Gasteiger partial charge on any atom is 0.126 e. The van der Waals surface area contributed by atoms with Gasteiger partial charge in [-0.15, -0.1) is 0 Å². The molecule has 25 heavy (non-hydrogen) atoms. The molecule has 2 aromatic rings.